The maximum Gasteiger partial charge on any atom is 0.226 e. The zero-order valence-corrected chi connectivity index (χ0v) is 14.2. The third-order valence-electron chi connectivity index (χ3n) is 5.43. The van der Waals surface area contributed by atoms with E-state index in [-0.39, 0.29) is 23.8 Å². The predicted molar refractivity (Wildman–Crippen MR) is 92.5 cm³/mol. The fraction of sp³-hybridized carbons (Fsp3) is 0.526. The highest BCUT2D eigenvalue weighted by atomic mass is 16.3. The summed E-state index contributed by atoms with van der Waals surface area (Å²) in [5.74, 6) is -0.0948. The summed E-state index contributed by atoms with van der Waals surface area (Å²) in [6.07, 6.45) is 3.60. The number of aliphatic hydroxyl groups is 1. The molecule has 3 rings (SSSR count). The third-order valence-corrected chi connectivity index (χ3v) is 5.43. The zero-order valence-electron chi connectivity index (χ0n) is 14.2. The van der Waals surface area contributed by atoms with E-state index in [4.69, 9.17) is 0 Å². The minimum absolute atomic E-state index is 0.0371. The van der Waals surface area contributed by atoms with E-state index in [1.165, 1.54) is 16.6 Å². The van der Waals surface area contributed by atoms with Crippen molar-refractivity contribution in [1.29, 1.82) is 0 Å². The van der Waals surface area contributed by atoms with Gasteiger partial charge in [-0.1, -0.05) is 25.1 Å². The van der Waals surface area contributed by atoms with Crippen molar-refractivity contribution in [3.63, 3.8) is 0 Å². The van der Waals surface area contributed by atoms with Gasteiger partial charge in [-0.3, -0.25) is 4.79 Å². The number of hydrogen-bond donors (Lipinski definition) is 2. The number of rotatable bonds is 4. The number of carbonyl (C=O) groups excluding carboxylic acids is 1. The van der Waals surface area contributed by atoms with E-state index in [1.54, 1.807) is 19.0 Å². The molecule has 1 heterocycles. The molecule has 4 heteroatoms. The van der Waals surface area contributed by atoms with Crippen molar-refractivity contribution < 1.29 is 9.90 Å². The number of aromatic nitrogens is 1. The molecule has 1 amide bonds. The first-order chi connectivity index (χ1) is 11.0. The summed E-state index contributed by atoms with van der Waals surface area (Å²) < 4.78 is 0. The summed E-state index contributed by atoms with van der Waals surface area (Å²) in [6, 6.07) is 8.37. The minimum Gasteiger partial charge on any atom is -0.396 e. The number of aliphatic hydroxyl groups excluding tert-OH is 1. The molecule has 1 aliphatic carbocycles. The second kappa shape index (κ2) is 6.00. The van der Waals surface area contributed by atoms with Gasteiger partial charge < -0.3 is 15.0 Å². The van der Waals surface area contributed by atoms with Crippen molar-refractivity contribution >= 4 is 16.8 Å². The van der Waals surface area contributed by atoms with Crippen LogP contribution in [0.4, 0.5) is 0 Å². The number of carbonyl (C=O) groups is 1. The van der Waals surface area contributed by atoms with E-state index in [0.717, 1.165) is 24.8 Å². The highest BCUT2D eigenvalue weighted by molar-refractivity contribution is 5.86. The van der Waals surface area contributed by atoms with Crippen LogP contribution in [0, 0.1) is 5.92 Å². The molecule has 124 valence electrons. The van der Waals surface area contributed by atoms with Gasteiger partial charge in [0.1, 0.15) is 0 Å². The molecule has 2 N–H and O–H groups in total. The summed E-state index contributed by atoms with van der Waals surface area (Å²) in [6.45, 7) is 2.22. The normalized spacial score (nSPS) is 21.9. The molecule has 0 saturated carbocycles. The first-order valence-corrected chi connectivity index (χ1v) is 8.41. The Morgan fingerprint density at radius 2 is 2.13 bits per heavy atom. The van der Waals surface area contributed by atoms with Crippen LogP contribution in [0.15, 0.2) is 24.3 Å². The summed E-state index contributed by atoms with van der Waals surface area (Å²) in [5, 5.41) is 10.8. The van der Waals surface area contributed by atoms with E-state index in [2.05, 4.69) is 30.1 Å². The molecule has 0 saturated heterocycles. The number of amides is 1. The molecule has 4 nitrogen and oxygen atoms in total. The average Bonchev–Trinajstić information content (AvgIpc) is 2.92. The summed E-state index contributed by atoms with van der Waals surface area (Å²) in [4.78, 5) is 18.0. The molecular weight excluding hydrogens is 288 g/mol. The van der Waals surface area contributed by atoms with Gasteiger partial charge in [-0.15, -0.1) is 0 Å². The van der Waals surface area contributed by atoms with Crippen LogP contribution in [0.5, 0.6) is 0 Å². The number of hydrogen-bond acceptors (Lipinski definition) is 2. The highest BCUT2D eigenvalue weighted by Crippen LogP contribution is 2.46. The Bertz CT molecular complexity index is 719. The molecule has 0 bridgehead atoms. The standard InChI is InChI=1S/C19H26N2O2/c1-19(15(10-12-22)18(23)21(2)3)11-6-8-14-13-7-4-5-9-16(13)20-17(14)19/h4-5,7,9,15,20,22H,6,8,10-12H2,1-3H3. The van der Waals surface area contributed by atoms with Gasteiger partial charge in [0.2, 0.25) is 5.91 Å². The van der Waals surface area contributed by atoms with Crippen molar-refractivity contribution in [1.82, 2.24) is 9.88 Å². The fourth-order valence-electron chi connectivity index (χ4n) is 4.21. The molecule has 2 unspecified atom stereocenters. The van der Waals surface area contributed by atoms with E-state index in [1.807, 2.05) is 6.07 Å². The maximum atomic E-state index is 12.8. The maximum absolute atomic E-state index is 12.8. The molecule has 0 radical (unpaired) electrons. The number of H-pyrrole nitrogens is 1. The van der Waals surface area contributed by atoms with Gasteiger partial charge in [-0.2, -0.15) is 0 Å². The Balaban J connectivity index is 2.13. The van der Waals surface area contributed by atoms with Crippen LogP contribution in [0.2, 0.25) is 0 Å². The number of benzene rings is 1. The first-order valence-electron chi connectivity index (χ1n) is 8.41. The molecule has 2 atom stereocenters. The zero-order chi connectivity index (χ0) is 16.6. The first kappa shape index (κ1) is 16.1. The molecule has 1 aromatic carbocycles. The van der Waals surface area contributed by atoms with Gasteiger partial charge in [0.05, 0.1) is 5.92 Å². The van der Waals surface area contributed by atoms with Crippen LogP contribution in [0.1, 0.15) is 37.4 Å². The minimum atomic E-state index is -0.253. The van der Waals surface area contributed by atoms with Gasteiger partial charge in [0, 0.05) is 42.7 Å². The molecule has 0 spiro atoms. The second-order valence-electron chi connectivity index (χ2n) is 7.09. The smallest absolute Gasteiger partial charge is 0.226 e. The highest BCUT2D eigenvalue weighted by Gasteiger charge is 2.44. The number of fused-ring (bicyclic) bond motifs is 3. The molecule has 23 heavy (non-hydrogen) atoms. The Labute approximate surface area is 137 Å². The summed E-state index contributed by atoms with van der Waals surface area (Å²) in [7, 11) is 3.59. The Kier molecular flexibility index (Phi) is 4.19. The summed E-state index contributed by atoms with van der Waals surface area (Å²) in [5.41, 5.74) is 3.43. The predicted octanol–water partition coefficient (Wildman–Crippen LogP) is 2.85. The number of para-hydroxylation sites is 1. The molecule has 1 aromatic heterocycles. The quantitative estimate of drug-likeness (QED) is 0.912. The lowest BCUT2D eigenvalue weighted by Gasteiger charge is -2.41. The van der Waals surface area contributed by atoms with E-state index in [0.29, 0.717) is 6.42 Å². The topological polar surface area (TPSA) is 56.3 Å². The van der Waals surface area contributed by atoms with Gasteiger partial charge in [0.15, 0.2) is 0 Å². The van der Waals surface area contributed by atoms with E-state index in [9.17, 15) is 9.90 Å². The van der Waals surface area contributed by atoms with Crippen LogP contribution in [0.3, 0.4) is 0 Å². The van der Waals surface area contributed by atoms with Crippen molar-refractivity contribution in [2.75, 3.05) is 20.7 Å². The van der Waals surface area contributed by atoms with Gasteiger partial charge in [-0.25, -0.2) is 0 Å². The number of nitrogens with one attached hydrogen (secondary N) is 1. The molecule has 2 aromatic rings. The molecule has 0 aliphatic heterocycles. The Hall–Kier alpha value is -1.81. The SMILES string of the molecule is CN(C)C(=O)C(CCO)C1(C)CCCc2c1[nH]c1ccccc21. The largest absolute Gasteiger partial charge is 0.396 e. The lowest BCUT2D eigenvalue weighted by molar-refractivity contribution is -0.136. The van der Waals surface area contributed by atoms with E-state index < -0.39 is 0 Å². The van der Waals surface area contributed by atoms with Crippen LogP contribution >= 0.6 is 0 Å². The monoisotopic (exact) mass is 314 g/mol. The van der Waals surface area contributed by atoms with Crippen molar-refractivity contribution in [2.45, 2.75) is 38.0 Å². The average molecular weight is 314 g/mol. The molecular formula is C19H26N2O2. The van der Waals surface area contributed by atoms with Crippen molar-refractivity contribution in [3.8, 4) is 0 Å². The van der Waals surface area contributed by atoms with Crippen LogP contribution in [-0.4, -0.2) is 41.6 Å². The van der Waals surface area contributed by atoms with Crippen LogP contribution in [-0.2, 0) is 16.6 Å². The van der Waals surface area contributed by atoms with Crippen LogP contribution < -0.4 is 0 Å². The second-order valence-corrected chi connectivity index (χ2v) is 7.09. The number of aryl methyl sites for hydroxylation is 1. The lowest BCUT2D eigenvalue weighted by atomic mass is 9.65. The van der Waals surface area contributed by atoms with Crippen molar-refractivity contribution in [2.24, 2.45) is 5.92 Å². The van der Waals surface area contributed by atoms with Crippen LogP contribution in [0.25, 0.3) is 10.9 Å². The van der Waals surface area contributed by atoms with Gasteiger partial charge in [0.25, 0.3) is 0 Å². The lowest BCUT2D eigenvalue weighted by Crippen LogP contribution is -2.45. The molecule has 0 fully saturated rings. The van der Waals surface area contributed by atoms with Gasteiger partial charge in [-0.05, 0) is 37.3 Å². The third kappa shape index (κ3) is 2.55. The van der Waals surface area contributed by atoms with E-state index >= 15 is 0 Å². The number of aromatic amines is 1. The van der Waals surface area contributed by atoms with Gasteiger partial charge >= 0.3 is 0 Å². The summed E-state index contributed by atoms with van der Waals surface area (Å²) >= 11 is 0. The van der Waals surface area contributed by atoms with Crippen molar-refractivity contribution in [3.05, 3.63) is 35.5 Å². The molecule has 1 aliphatic rings. The Morgan fingerprint density at radius 3 is 2.83 bits per heavy atom. The Morgan fingerprint density at radius 1 is 1.39 bits per heavy atom. The fourth-order valence-corrected chi connectivity index (χ4v) is 4.21. The number of nitrogens with zero attached hydrogens (tertiary/aromatic N) is 1.